The minimum atomic E-state index is -0.593. The van der Waals surface area contributed by atoms with Crippen LogP contribution in [0.3, 0.4) is 0 Å². The second-order valence-corrected chi connectivity index (χ2v) is 6.76. The van der Waals surface area contributed by atoms with E-state index >= 15 is 0 Å². The van der Waals surface area contributed by atoms with Crippen molar-refractivity contribution in [3.63, 3.8) is 0 Å². The van der Waals surface area contributed by atoms with Crippen molar-refractivity contribution in [2.45, 2.75) is 32.9 Å². The van der Waals surface area contributed by atoms with Crippen LogP contribution in [-0.2, 0) is 16.1 Å². The molecule has 0 unspecified atom stereocenters. The third-order valence-corrected chi connectivity index (χ3v) is 3.66. The van der Waals surface area contributed by atoms with Gasteiger partial charge in [0.05, 0.1) is 0 Å². The van der Waals surface area contributed by atoms with Gasteiger partial charge in [-0.3, -0.25) is 9.69 Å². The molecule has 6 heteroatoms. The third kappa shape index (κ3) is 4.57. The fourth-order valence-electron chi connectivity index (χ4n) is 2.46. The maximum atomic E-state index is 13.3. The lowest BCUT2D eigenvalue weighted by molar-refractivity contribution is -0.136. The van der Waals surface area contributed by atoms with Gasteiger partial charge in [0.2, 0.25) is 5.91 Å². The average molecular weight is 334 g/mol. The third-order valence-electron chi connectivity index (χ3n) is 3.66. The summed E-state index contributed by atoms with van der Waals surface area (Å²) in [5.41, 5.74) is 0.896. The van der Waals surface area contributed by atoms with Gasteiger partial charge in [0, 0.05) is 19.6 Å². The standard InChI is InChI=1S/C18H23FN2O3/c1-5-13-10-15(19)7-6-14(13)11-20-8-9-21(12-16(20)22)17(23)24-18(2,3)4/h5-7,10H,1,8-9,11-12H2,2-4H3. The summed E-state index contributed by atoms with van der Waals surface area (Å²) in [7, 11) is 0. The number of benzene rings is 1. The largest absolute Gasteiger partial charge is 0.444 e. The van der Waals surface area contributed by atoms with E-state index < -0.39 is 11.7 Å². The van der Waals surface area contributed by atoms with Crippen molar-refractivity contribution in [3.05, 3.63) is 41.7 Å². The Bertz CT molecular complexity index is 652. The monoisotopic (exact) mass is 334 g/mol. The minimum Gasteiger partial charge on any atom is -0.444 e. The first-order valence-corrected chi connectivity index (χ1v) is 7.86. The molecule has 1 aromatic carbocycles. The quantitative estimate of drug-likeness (QED) is 0.854. The molecule has 1 heterocycles. The van der Waals surface area contributed by atoms with Gasteiger partial charge in [0.15, 0.2) is 0 Å². The van der Waals surface area contributed by atoms with Crippen molar-refractivity contribution >= 4 is 18.1 Å². The predicted octanol–water partition coefficient (Wildman–Crippen LogP) is 3.05. The van der Waals surface area contributed by atoms with Gasteiger partial charge < -0.3 is 9.64 Å². The van der Waals surface area contributed by atoms with E-state index in [9.17, 15) is 14.0 Å². The van der Waals surface area contributed by atoms with Gasteiger partial charge in [-0.1, -0.05) is 18.7 Å². The summed E-state index contributed by atoms with van der Waals surface area (Å²) >= 11 is 0. The Morgan fingerprint density at radius 2 is 2.08 bits per heavy atom. The van der Waals surface area contributed by atoms with Gasteiger partial charge in [-0.25, -0.2) is 9.18 Å². The molecule has 1 saturated heterocycles. The molecule has 1 aliphatic rings. The number of carbonyl (C=O) groups is 2. The van der Waals surface area contributed by atoms with E-state index in [1.807, 2.05) is 0 Å². The summed E-state index contributed by atoms with van der Waals surface area (Å²) in [6, 6.07) is 4.41. The molecule has 130 valence electrons. The highest BCUT2D eigenvalue weighted by Gasteiger charge is 2.30. The van der Waals surface area contributed by atoms with Crippen molar-refractivity contribution < 1.29 is 18.7 Å². The molecule has 0 spiro atoms. The number of hydrogen-bond acceptors (Lipinski definition) is 3. The summed E-state index contributed by atoms with van der Waals surface area (Å²) in [6.45, 7) is 10.2. The number of amides is 2. The highest BCUT2D eigenvalue weighted by molar-refractivity contribution is 5.83. The first-order valence-electron chi connectivity index (χ1n) is 7.86. The zero-order chi connectivity index (χ0) is 17.9. The Hall–Kier alpha value is -2.37. The minimum absolute atomic E-state index is 0.0144. The molecular weight excluding hydrogens is 311 g/mol. The molecule has 5 nitrogen and oxygen atoms in total. The van der Waals surface area contributed by atoms with E-state index in [1.54, 1.807) is 37.8 Å². The topological polar surface area (TPSA) is 49.9 Å². The van der Waals surface area contributed by atoms with Gasteiger partial charge in [-0.15, -0.1) is 0 Å². The predicted molar refractivity (Wildman–Crippen MR) is 89.7 cm³/mol. The van der Waals surface area contributed by atoms with Crippen LogP contribution in [0.25, 0.3) is 6.08 Å². The lowest BCUT2D eigenvalue weighted by Crippen LogP contribution is -2.52. The molecule has 0 saturated carbocycles. The van der Waals surface area contributed by atoms with Crippen LogP contribution < -0.4 is 0 Å². The van der Waals surface area contributed by atoms with E-state index in [2.05, 4.69) is 6.58 Å². The summed E-state index contributed by atoms with van der Waals surface area (Å²) in [6.07, 6.45) is 1.09. The molecule has 0 aromatic heterocycles. The molecular formula is C18H23FN2O3. The van der Waals surface area contributed by atoms with Crippen LogP contribution in [0.1, 0.15) is 31.9 Å². The Labute approximate surface area is 141 Å². The smallest absolute Gasteiger partial charge is 0.410 e. The fraction of sp³-hybridized carbons (Fsp3) is 0.444. The molecule has 0 N–H and O–H groups in total. The zero-order valence-corrected chi connectivity index (χ0v) is 14.3. The van der Waals surface area contributed by atoms with Crippen LogP contribution in [0.15, 0.2) is 24.8 Å². The molecule has 24 heavy (non-hydrogen) atoms. The molecule has 0 atom stereocenters. The Kier molecular flexibility index (Phi) is 5.26. The van der Waals surface area contributed by atoms with Gasteiger partial charge in [-0.05, 0) is 44.0 Å². The highest BCUT2D eigenvalue weighted by Crippen LogP contribution is 2.18. The van der Waals surface area contributed by atoms with E-state index in [-0.39, 0.29) is 18.3 Å². The van der Waals surface area contributed by atoms with Gasteiger partial charge in [0.1, 0.15) is 18.0 Å². The number of piperazine rings is 1. The van der Waals surface area contributed by atoms with E-state index in [1.165, 1.54) is 17.0 Å². The average Bonchev–Trinajstić information content (AvgIpc) is 2.49. The van der Waals surface area contributed by atoms with E-state index in [4.69, 9.17) is 4.74 Å². The Balaban J connectivity index is 2.01. The zero-order valence-electron chi connectivity index (χ0n) is 14.3. The van der Waals surface area contributed by atoms with Crippen LogP contribution in [0.2, 0.25) is 0 Å². The lowest BCUT2D eigenvalue weighted by Gasteiger charge is -2.35. The highest BCUT2D eigenvalue weighted by atomic mass is 19.1. The van der Waals surface area contributed by atoms with Gasteiger partial charge in [0.25, 0.3) is 0 Å². The van der Waals surface area contributed by atoms with Gasteiger partial charge in [-0.2, -0.15) is 0 Å². The first kappa shape index (κ1) is 18.0. The van der Waals surface area contributed by atoms with Crippen LogP contribution >= 0.6 is 0 Å². The summed E-state index contributed by atoms with van der Waals surface area (Å²) < 4.78 is 18.6. The van der Waals surface area contributed by atoms with E-state index in [0.717, 1.165) is 5.56 Å². The summed E-state index contributed by atoms with van der Waals surface area (Å²) in [5.74, 6) is -0.499. The second-order valence-electron chi connectivity index (χ2n) is 6.76. The molecule has 1 aliphatic heterocycles. The second kappa shape index (κ2) is 7.03. The summed E-state index contributed by atoms with van der Waals surface area (Å²) in [5, 5.41) is 0. The van der Waals surface area contributed by atoms with Crippen LogP contribution in [0, 0.1) is 5.82 Å². The fourth-order valence-corrected chi connectivity index (χ4v) is 2.46. The molecule has 0 radical (unpaired) electrons. The molecule has 2 amide bonds. The number of halogens is 1. The number of rotatable bonds is 3. The Morgan fingerprint density at radius 1 is 1.38 bits per heavy atom. The van der Waals surface area contributed by atoms with Crippen LogP contribution in [0.5, 0.6) is 0 Å². The van der Waals surface area contributed by atoms with Crippen molar-refractivity contribution in [3.8, 4) is 0 Å². The maximum absolute atomic E-state index is 13.3. The lowest BCUT2D eigenvalue weighted by atomic mass is 10.1. The molecule has 1 aromatic rings. The molecule has 0 bridgehead atoms. The number of ether oxygens (including phenoxy) is 1. The van der Waals surface area contributed by atoms with Crippen molar-refractivity contribution in [1.82, 2.24) is 9.80 Å². The Morgan fingerprint density at radius 3 is 2.67 bits per heavy atom. The molecule has 0 aliphatic carbocycles. The van der Waals surface area contributed by atoms with Crippen molar-refractivity contribution in [1.29, 1.82) is 0 Å². The first-order chi connectivity index (χ1) is 11.2. The summed E-state index contributed by atoms with van der Waals surface area (Å²) in [4.78, 5) is 27.4. The normalized spacial score (nSPS) is 15.4. The maximum Gasteiger partial charge on any atom is 0.410 e. The van der Waals surface area contributed by atoms with Gasteiger partial charge >= 0.3 is 6.09 Å². The molecule has 1 fully saturated rings. The number of carbonyl (C=O) groups excluding carboxylic acids is 2. The number of hydrogen-bond donors (Lipinski definition) is 0. The van der Waals surface area contributed by atoms with Crippen molar-refractivity contribution in [2.24, 2.45) is 0 Å². The SMILES string of the molecule is C=Cc1cc(F)ccc1CN1CCN(C(=O)OC(C)(C)C)CC1=O. The van der Waals surface area contributed by atoms with E-state index in [0.29, 0.717) is 25.2 Å². The van der Waals surface area contributed by atoms with Crippen LogP contribution in [-0.4, -0.2) is 47.0 Å². The van der Waals surface area contributed by atoms with Crippen LogP contribution in [0.4, 0.5) is 9.18 Å². The number of nitrogens with zero attached hydrogens (tertiary/aromatic N) is 2. The molecule has 2 rings (SSSR count). The van der Waals surface area contributed by atoms with Crippen molar-refractivity contribution in [2.75, 3.05) is 19.6 Å².